The van der Waals surface area contributed by atoms with Gasteiger partial charge in [-0.3, -0.25) is 4.18 Å². The Morgan fingerprint density at radius 1 is 1.44 bits per heavy atom. The first-order chi connectivity index (χ1) is 11.8. The summed E-state index contributed by atoms with van der Waals surface area (Å²) in [7, 11) is -3.65. The normalized spacial score (nSPS) is 23.9. The van der Waals surface area contributed by atoms with Gasteiger partial charge in [0, 0.05) is 24.0 Å². The summed E-state index contributed by atoms with van der Waals surface area (Å²) < 4.78 is 67.7. The molecule has 1 fully saturated rings. The van der Waals surface area contributed by atoms with Crippen molar-refractivity contribution < 1.29 is 30.9 Å². The van der Waals surface area contributed by atoms with Crippen molar-refractivity contribution in [1.29, 1.82) is 0 Å². The maximum atomic E-state index is 14.3. The van der Waals surface area contributed by atoms with Gasteiger partial charge in [0.1, 0.15) is 17.7 Å². The molecule has 1 aliphatic rings. The molecule has 136 valence electrons. The quantitative estimate of drug-likeness (QED) is 0.712. The Morgan fingerprint density at radius 2 is 2.24 bits per heavy atom. The average Bonchev–Trinajstić information content (AvgIpc) is 3.15. The van der Waals surface area contributed by atoms with E-state index >= 15 is 0 Å². The van der Waals surface area contributed by atoms with Gasteiger partial charge in [0.2, 0.25) is 5.79 Å². The predicted octanol–water partition coefficient (Wildman–Crippen LogP) is 1.41. The van der Waals surface area contributed by atoms with E-state index in [-0.39, 0.29) is 25.3 Å². The molecule has 10 heteroatoms. The minimum absolute atomic E-state index is 0.00413. The van der Waals surface area contributed by atoms with Crippen molar-refractivity contribution in [1.82, 2.24) is 9.55 Å². The van der Waals surface area contributed by atoms with Crippen molar-refractivity contribution in [3.63, 3.8) is 0 Å². The SMILES string of the molecule is CS(=O)(=O)OC[C@@H]1CO[C@](Cn2ccnc2)(c2ccc(F)cc2F)O1. The van der Waals surface area contributed by atoms with Crippen LogP contribution in [0.4, 0.5) is 8.78 Å². The van der Waals surface area contributed by atoms with E-state index < -0.39 is 33.6 Å². The van der Waals surface area contributed by atoms with Gasteiger partial charge in [-0.25, -0.2) is 13.8 Å². The lowest BCUT2D eigenvalue weighted by molar-refractivity contribution is -0.191. The van der Waals surface area contributed by atoms with Gasteiger partial charge in [-0.1, -0.05) is 0 Å². The molecule has 0 bridgehead atoms. The molecule has 1 aromatic heterocycles. The molecule has 2 atom stereocenters. The van der Waals surface area contributed by atoms with Gasteiger partial charge in [0.05, 0.1) is 32.3 Å². The van der Waals surface area contributed by atoms with Crippen LogP contribution in [-0.4, -0.2) is 43.5 Å². The first-order valence-corrected chi connectivity index (χ1v) is 9.16. The first-order valence-electron chi connectivity index (χ1n) is 7.35. The van der Waals surface area contributed by atoms with E-state index in [1.807, 2.05) is 0 Å². The number of halogens is 2. The largest absolute Gasteiger partial charge is 0.342 e. The van der Waals surface area contributed by atoms with Crippen LogP contribution in [-0.2, 0) is 36.1 Å². The molecule has 1 aliphatic heterocycles. The number of benzene rings is 1. The predicted molar refractivity (Wildman–Crippen MR) is 81.9 cm³/mol. The van der Waals surface area contributed by atoms with E-state index in [0.717, 1.165) is 18.4 Å². The zero-order valence-electron chi connectivity index (χ0n) is 13.3. The van der Waals surface area contributed by atoms with Gasteiger partial charge >= 0.3 is 0 Å². The van der Waals surface area contributed by atoms with Crippen LogP contribution >= 0.6 is 0 Å². The van der Waals surface area contributed by atoms with Crippen LogP contribution in [0.5, 0.6) is 0 Å². The highest BCUT2D eigenvalue weighted by molar-refractivity contribution is 7.85. The molecular formula is C15H16F2N2O5S. The van der Waals surface area contributed by atoms with Crippen molar-refractivity contribution >= 4 is 10.1 Å². The van der Waals surface area contributed by atoms with Crippen LogP contribution in [0, 0.1) is 11.6 Å². The first kappa shape index (κ1) is 17.9. The van der Waals surface area contributed by atoms with Crippen LogP contribution in [0.2, 0.25) is 0 Å². The molecule has 0 N–H and O–H groups in total. The molecule has 0 saturated carbocycles. The summed E-state index contributed by atoms with van der Waals surface area (Å²) in [6, 6.07) is 3.07. The maximum absolute atomic E-state index is 14.3. The van der Waals surface area contributed by atoms with Crippen molar-refractivity contribution in [2.45, 2.75) is 18.4 Å². The molecule has 7 nitrogen and oxygen atoms in total. The molecule has 2 aromatic rings. The third-order valence-electron chi connectivity index (χ3n) is 3.62. The van der Waals surface area contributed by atoms with Crippen molar-refractivity contribution in [2.24, 2.45) is 0 Å². The van der Waals surface area contributed by atoms with Gasteiger partial charge in [-0.2, -0.15) is 8.42 Å². The molecule has 0 radical (unpaired) electrons. The van der Waals surface area contributed by atoms with Crippen molar-refractivity contribution in [2.75, 3.05) is 19.5 Å². The molecule has 1 saturated heterocycles. The number of ether oxygens (including phenoxy) is 2. The molecular weight excluding hydrogens is 358 g/mol. The summed E-state index contributed by atoms with van der Waals surface area (Å²) in [6.07, 6.45) is 4.85. The van der Waals surface area contributed by atoms with Crippen LogP contribution < -0.4 is 0 Å². The molecule has 0 spiro atoms. The minimum atomic E-state index is -3.65. The van der Waals surface area contributed by atoms with Crippen LogP contribution in [0.15, 0.2) is 36.9 Å². The molecule has 0 aliphatic carbocycles. The minimum Gasteiger partial charge on any atom is -0.342 e. The summed E-state index contributed by atoms with van der Waals surface area (Å²) in [5.41, 5.74) is 0.00413. The third-order valence-corrected chi connectivity index (χ3v) is 4.18. The Labute approximate surface area is 143 Å². The summed E-state index contributed by atoms with van der Waals surface area (Å²) in [5, 5.41) is 0. The standard InChI is InChI=1S/C15H16F2N2O5S/c1-25(20,21)23-8-12-7-22-15(24-12,9-19-5-4-18-10-19)13-3-2-11(16)6-14(13)17/h2-6,10,12H,7-9H2,1H3/t12-,15-/m0/s1. The zero-order chi connectivity index (χ0) is 18.1. The molecule has 0 unspecified atom stereocenters. The smallest absolute Gasteiger partial charge is 0.264 e. The molecule has 1 aromatic carbocycles. The fourth-order valence-electron chi connectivity index (χ4n) is 2.57. The number of imidazole rings is 1. The van der Waals surface area contributed by atoms with E-state index in [9.17, 15) is 17.2 Å². The number of hydrogen-bond donors (Lipinski definition) is 0. The summed E-state index contributed by atoms with van der Waals surface area (Å²) in [5.74, 6) is -3.11. The molecule has 3 rings (SSSR count). The number of nitrogens with zero attached hydrogens (tertiary/aromatic N) is 2. The topological polar surface area (TPSA) is 79.7 Å². The Balaban J connectivity index is 1.88. The second-order valence-electron chi connectivity index (χ2n) is 5.65. The lowest BCUT2D eigenvalue weighted by Gasteiger charge is -2.29. The zero-order valence-corrected chi connectivity index (χ0v) is 14.1. The van der Waals surface area contributed by atoms with Gasteiger partial charge in [-0.15, -0.1) is 0 Å². The lowest BCUT2D eigenvalue weighted by Crippen LogP contribution is -2.35. The average molecular weight is 374 g/mol. The lowest BCUT2D eigenvalue weighted by atomic mass is 10.0. The van der Waals surface area contributed by atoms with E-state index in [1.165, 1.54) is 18.6 Å². The highest BCUT2D eigenvalue weighted by atomic mass is 32.2. The summed E-state index contributed by atoms with van der Waals surface area (Å²) in [4.78, 5) is 3.91. The molecule has 2 heterocycles. The second kappa shape index (κ2) is 6.79. The molecule has 25 heavy (non-hydrogen) atoms. The third kappa shape index (κ3) is 4.21. The fourth-order valence-corrected chi connectivity index (χ4v) is 2.97. The highest BCUT2D eigenvalue weighted by Crippen LogP contribution is 2.37. The van der Waals surface area contributed by atoms with Crippen LogP contribution in [0.1, 0.15) is 5.56 Å². The highest BCUT2D eigenvalue weighted by Gasteiger charge is 2.45. The number of rotatable bonds is 6. The molecule has 0 amide bonds. The number of hydrogen-bond acceptors (Lipinski definition) is 6. The van der Waals surface area contributed by atoms with E-state index in [2.05, 4.69) is 4.98 Å². The van der Waals surface area contributed by atoms with E-state index in [1.54, 1.807) is 10.8 Å². The summed E-state index contributed by atoms with van der Waals surface area (Å²) in [6.45, 7) is -0.237. The van der Waals surface area contributed by atoms with Gasteiger partial charge in [0.15, 0.2) is 0 Å². The fraction of sp³-hybridized carbons (Fsp3) is 0.400. The van der Waals surface area contributed by atoms with Gasteiger partial charge < -0.3 is 14.0 Å². The van der Waals surface area contributed by atoms with E-state index in [0.29, 0.717) is 0 Å². The maximum Gasteiger partial charge on any atom is 0.264 e. The summed E-state index contributed by atoms with van der Waals surface area (Å²) >= 11 is 0. The second-order valence-corrected chi connectivity index (χ2v) is 7.30. The Kier molecular flexibility index (Phi) is 4.87. The van der Waals surface area contributed by atoms with Crippen molar-refractivity contribution in [3.8, 4) is 0 Å². The van der Waals surface area contributed by atoms with Gasteiger partial charge in [0.25, 0.3) is 10.1 Å². The monoisotopic (exact) mass is 374 g/mol. The van der Waals surface area contributed by atoms with E-state index in [4.69, 9.17) is 13.7 Å². The Bertz CT molecular complexity index is 844. The Morgan fingerprint density at radius 3 is 2.88 bits per heavy atom. The van der Waals surface area contributed by atoms with Gasteiger partial charge in [-0.05, 0) is 12.1 Å². The van der Waals surface area contributed by atoms with Crippen molar-refractivity contribution in [3.05, 3.63) is 54.1 Å². The van der Waals surface area contributed by atoms with Crippen LogP contribution in [0.3, 0.4) is 0 Å². The van der Waals surface area contributed by atoms with Crippen LogP contribution in [0.25, 0.3) is 0 Å². The number of aromatic nitrogens is 2. The Hall–Kier alpha value is -1.88.